The van der Waals surface area contributed by atoms with Crippen molar-refractivity contribution in [3.63, 3.8) is 0 Å². The van der Waals surface area contributed by atoms with Crippen molar-refractivity contribution in [3.05, 3.63) is 152 Å². The van der Waals surface area contributed by atoms with Gasteiger partial charge in [-0.3, -0.25) is 9.97 Å². The summed E-state index contributed by atoms with van der Waals surface area (Å²) in [6, 6.07) is 29.3. The molecule has 5 rings (SSSR count). The molecule has 0 aliphatic heterocycles. The molecule has 0 atom stereocenters. The van der Waals surface area contributed by atoms with E-state index in [4.69, 9.17) is 0 Å². The van der Waals surface area contributed by atoms with E-state index in [0.29, 0.717) is 0 Å². The minimum atomic E-state index is 1.08. The Morgan fingerprint density at radius 3 is 0.949 bits per heavy atom. The van der Waals surface area contributed by atoms with Gasteiger partial charge in [-0.25, -0.2) is 0 Å². The van der Waals surface area contributed by atoms with E-state index in [1.54, 1.807) is 0 Å². The fourth-order valence-corrected chi connectivity index (χ4v) is 3.86. The van der Waals surface area contributed by atoms with E-state index < -0.39 is 0 Å². The van der Waals surface area contributed by atoms with Gasteiger partial charge in [-0.2, -0.15) is 0 Å². The van der Waals surface area contributed by atoms with Crippen molar-refractivity contribution in [3.8, 4) is 0 Å². The van der Waals surface area contributed by atoms with Crippen molar-refractivity contribution in [1.29, 1.82) is 0 Å². The first-order valence-electron chi connectivity index (χ1n) is 13.3. The van der Waals surface area contributed by atoms with Gasteiger partial charge < -0.3 is 0 Å². The van der Waals surface area contributed by atoms with Crippen LogP contribution in [0.1, 0.15) is 54.5 Å². The molecule has 3 heteroatoms. The zero-order chi connectivity index (χ0) is 29.2. The van der Waals surface area contributed by atoms with E-state index in [1.165, 1.54) is 43.1 Å². The molecule has 3 heterocycles. The fraction of sp³-hybridized carbons (Fsp3) is 0.278. The molecule has 0 amide bonds. The van der Waals surface area contributed by atoms with Crippen LogP contribution in [-0.2, 0) is 0 Å². The number of hydrogen-bond acceptors (Lipinski definition) is 3. The second-order valence-electron chi connectivity index (χ2n) is 9.92. The monoisotopic (exact) mass is 538 g/mol. The van der Waals surface area contributed by atoms with Crippen LogP contribution in [0.15, 0.2) is 97.3 Å². The Balaban J connectivity index is 0.000000244. The lowest BCUT2D eigenvalue weighted by Crippen LogP contribution is -1.78. The van der Waals surface area contributed by atoms with E-state index in [1.807, 2.05) is 63.6 Å². The number of rotatable bonds is 0. The van der Waals surface area contributed by atoms with Crippen LogP contribution in [-0.4, -0.2) is 9.97 Å². The molecule has 0 aliphatic carbocycles. The normalized spacial score (nSPS) is 9.28. The molecule has 0 saturated heterocycles. The van der Waals surface area contributed by atoms with Crippen LogP contribution in [0.25, 0.3) is 0 Å². The molecule has 206 valence electrons. The highest BCUT2D eigenvalue weighted by Crippen LogP contribution is 2.12. The van der Waals surface area contributed by atoms with Crippen molar-refractivity contribution < 1.29 is 0 Å². The van der Waals surface area contributed by atoms with E-state index >= 15 is 0 Å². The zero-order valence-electron chi connectivity index (χ0n) is 25.5. The van der Waals surface area contributed by atoms with Gasteiger partial charge in [-0.15, -0.1) is 11.3 Å². The van der Waals surface area contributed by atoms with E-state index in [2.05, 4.69) is 124 Å². The molecule has 0 bridgehead atoms. The number of aryl methyl sites for hydroxylation is 10. The predicted molar refractivity (Wildman–Crippen MR) is 173 cm³/mol. The summed E-state index contributed by atoms with van der Waals surface area (Å²) in [5.74, 6) is 0. The van der Waals surface area contributed by atoms with E-state index in [0.717, 1.165) is 11.4 Å². The lowest BCUT2D eigenvalue weighted by atomic mass is 10.2. The van der Waals surface area contributed by atoms with Gasteiger partial charge in [0.05, 0.1) is 0 Å². The van der Waals surface area contributed by atoms with Gasteiger partial charge >= 0.3 is 0 Å². The molecule has 2 aromatic carbocycles. The van der Waals surface area contributed by atoms with E-state index in [9.17, 15) is 0 Å². The minimum absolute atomic E-state index is 1.08. The van der Waals surface area contributed by atoms with Gasteiger partial charge in [0, 0.05) is 33.5 Å². The first kappa shape index (κ1) is 33.5. The summed E-state index contributed by atoms with van der Waals surface area (Å²) in [6.07, 6.45) is 3.74. The van der Waals surface area contributed by atoms with Crippen LogP contribution in [0.3, 0.4) is 0 Å². The Morgan fingerprint density at radius 1 is 0.385 bits per heavy atom. The molecular weight excluding hydrogens is 492 g/mol. The highest BCUT2D eigenvalue weighted by molar-refractivity contribution is 7.11. The first-order chi connectivity index (χ1) is 18.4. The Morgan fingerprint density at radius 2 is 0.744 bits per heavy atom. The van der Waals surface area contributed by atoms with Gasteiger partial charge in [-0.05, 0) is 105 Å². The lowest BCUT2D eigenvalue weighted by molar-refractivity contribution is 1.17. The van der Waals surface area contributed by atoms with Gasteiger partial charge in [0.15, 0.2) is 0 Å². The molecule has 5 aromatic rings. The number of nitrogens with zero attached hydrogens (tertiary/aromatic N) is 2. The van der Waals surface area contributed by atoms with Gasteiger partial charge in [0.2, 0.25) is 0 Å². The average Bonchev–Trinajstić information content (AvgIpc) is 3.28. The Kier molecular flexibility index (Phi) is 16.0. The maximum absolute atomic E-state index is 4.08. The van der Waals surface area contributed by atoms with Crippen LogP contribution in [0, 0.1) is 69.2 Å². The van der Waals surface area contributed by atoms with Crippen molar-refractivity contribution in [2.75, 3.05) is 0 Å². The molecule has 0 fully saturated rings. The molecule has 0 aliphatic rings. The summed E-state index contributed by atoms with van der Waals surface area (Å²) in [5.41, 5.74) is 9.93. The maximum atomic E-state index is 4.08. The third kappa shape index (κ3) is 17.6. The smallest absolute Gasteiger partial charge is 0.0372 e. The topological polar surface area (TPSA) is 25.8 Å². The Bertz CT molecular complexity index is 1120. The summed E-state index contributed by atoms with van der Waals surface area (Å²) in [6.45, 7) is 20.7. The van der Waals surface area contributed by atoms with Crippen LogP contribution >= 0.6 is 11.3 Å². The summed E-state index contributed by atoms with van der Waals surface area (Å²) in [5, 5.41) is 0. The van der Waals surface area contributed by atoms with Crippen LogP contribution in [0.4, 0.5) is 0 Å². The molecular formula is C36H46N2S. The SMILES string of the molecule is Cc1ccc(C)cc1.Cc1ccc(C)nc1.Cc1ccc(C)nc1.Cc1ccc(C)s1.Cc1cccc(C)c1. The Hall–Kier alpha value is -3.56. The Labute approximate surface area is 241 Å². The highest BCUT2D eigenvalue weighted by atomic mass is 32.1. The van der Waals surface area contributed by atoms with Gasteiger partial charge in [0.1, 0.15) is 0 Å². The number of pyridine rings is 2. The maximum Gasteiger partial charge on any atom is 0.0372 e. The molecule has 0 N–H and O–H groups in total. The zero-order valence-corrected chi connectivity index (χ0v) is 26.4. The van der Waals surface area contributed by atoms with Crippen LogP contribution in [0.5, 0.6) is 0 Å². The molecule has 0 spiro atoms. The predicted octanol–water partition coefficient (Wildman–Crippen LogP) is 10.4. The molecule has 3 aromatic heterocycles. The molecule has 0 saturated carbocycles. The number of aromatic nitrogens is 2. The molecule has 39 heavy (non-hydrogen) atoms. The van der Waals surface area contributed by atoms with Crippen molar-refractivity contribution in [1.82, 2.24) is 9.97 Å². The quantitative estimate of drug-likeness (QED) is 0.196. The fourth-order valence-electron chi connectivity index (χ4n) is 3.08. The lowest BCUT2D eigenvalue weighted by Gasteiger charge is -1.90. The largest absolute Gasteiger partial charge is 0.261 e. The minimum Gasteiger partial charge on any atom is -0.261 e. The van der Waals surface area contributed by atoms with Crippen molar-refractivity contribution in [2.24, 2.45) is 0 Å². The summed E-state index contributed by atoms with van der Waals surface area (Å²) in [4.78, 5) is 11.0. The molecule has 2 nitrogen and oxygen atoms in total. The summed E-state index contributed by atoms with van der Waals surface area (Å²) < 4.78 is 0. The second kappa shape index (κ2) is 18.7. The second-order valence-corrected chi connectivity index (χ2v) is 11.4. The van der Waals surface area contributed by atoms with Crippen molar-refractivity contribution in [2.45, 2.75) is 69.2 Å². The standard InChI is InChI=1S/2C8H10.2C7H9N.C6H8S/c1-7-3-5-8(2)6-4-7;1-7-4-3-5-8(2)6-7;2*1-6-3-4-7(2)8-5-6;1-5-3-4-6(2)7-5/h2*3-6H,1-2H3;2*3-5H,1-2H3;3-4H,1-2H3. The number of hydrogen-bond donors (Lipinski definition) is 0. The van der Waals surface area contributed by atoms with Gasteiger partial charge in [-0.1, -0.05) is 82.9 Å². The van der Waals surface area contributed by atoms with Crippen LogP contribution < -0.4 is 0 Å². The van der Waals surface area contributed by atoms with E-state index in [-0.39, 0.29) is 0 Å². The van der Waals surface area contributed by atoms with Crippen molar-refractivity contribution >= 4 is 11.3 Å². The summed E-state index contributed by atoms with van der Waals surface area (Å²) in [7, 11) is 0. The number of benzene rings is 2. The van der Waals surface area contributed by atoms with Gasteiger partial charge in [0.25, 0.3) is 0 Å². The third-order valence-electron chi connectivity index (χ3n) is 5.39. The number of thiophene rings is 1. The first-order valence-corrected chi connectivity index (χ1v) is 14.1. The summed E-state index contributed by atoms with van der Waals surface area (Å²) >= 11 is 1.84. The molecule has 0 radical (unpaired) electrons. The van der Waals surface area contributed by atoms with Crippen LogP contribution in [0.2, 0.25) is 0 Å². The average molecular weight is 539 g/mol. The third-order valence-corrected chi connectivity index (χ3v) is 6.30. The molecule has 0 unspecified atom stereocenters. The highest BCUT2D eigenvalue weighted by Gasteiger charge is 1.85.